The van der Waals surface area contributed by atoms with Crippen LogP contribution < -0.4 is 0 Å². The molecule has 0 amide bonds. The van der Waals surface area contributed by atoms with Gasteiger partial charge in [-0.3, -0.25) is 4.99 Å². The highest BCUT2D eigenvalue weighted by atomic mass is 14.7. The van der Waals surface area contributed by atoms with Crippen LogP contribution in [0.3, 0.4) is 0 Å². The highest BCUT2D eigenvalue weighted by Gasteiger charge is 1.92. The van der Waals surface area contributed by atoms with Crippen molar-refractivity contribution < 1.29 is 0 Å². The molecular weight excluding hydrogens is 158 g/mol. The fraction of sp³-hybridized carbons (Fsp3) is 0.583. The first kappa shape index (κ1) is 12.2. The Balaban J connectivity index is 4.08. The molecule has 0 heterocycles. The molecule has 0 spiro atoms. The molecule has 0 rings (SSSR count). The van der Waals surface area contributed by atoms with E-state index < -0.39 is 0 Å². The van der Waals surface area contributed by atoms with Gasteiger partial charge < -0.3 is 0 Å². The Labute approximate surface area is 82.3 Å². The summed E-state index contributed by atoms with van der Waals surface area (Å²) in [5.74, 6) is 0.591. The Bertz CT molecular complexity index is 219. The molecule has 0 N–H and O–H groups in total. The van der Waals surface area contributed by atoms with E-state index in [2.05, 4.69) is 45.7 Å². The van der Waals surface area contributed by atoms with Crippen molar-refractivity contribution in [1.29, 1.82) is 0 Å². The molecule has 1 nitrogen and oxygen atoms in total. The van der Waals surface area contributed by atoms with Crippen LogP contribution in [0.5, 0.6) is 0 Å². The van der Waals surface area contributed by atoms with Crippen LogP contribution in [0.2, 0.25) is 0 Å². The SMILES string of the molecule is CC/C(C)=C/C=N/C=C(\C)C(C)C. The van der Waals surface area contributed by atoms with E-state index in [-0.39, 0.29) is 0 Å². The third kappa shape index (κ3) is 6.32. The highest BCUT2D eigenvalue weighted by molar-refractivity contribution is 5.72. The Morgan fingerprint density at radius 2 is 1.92 bits per heavy atom. The second-order valence-corrected chi connectivity index (χ2v) is 3.69. The van der Waals surface area contributed by atoms with Crippen molar-refractivity contribution in [2.75, 3.05) is 0 Å². The van der Waals surface area contributed by atoms with E-state index in [0.29, 0.717) is 5.92 Å². The van der Waals surface area contributed by atoms with Crippen LogP contribution in [-0.4, -0.2) is 6.21 Å². The van der Waals surface area contributed by atoms with E-state index >= 15 is 0 Å². The number of rotatable bonds is 4. The molecule has 0 aliphatic rings. The summed E-state index contributed by atoms with van der Waals surface area (Å²) >= 11 is 0. The van der Waals surface area contributed by atoms with Crippen molar-refractivity contribution in [3.05, 3.63) is 23.4 Å². The maximum Gasteiger partial charge on any atom is 0.0267 e. The van der Waals surface area contributed by atoms with Gasteiger partial charge in [0.1, 0.15) is 0 Å². The fourth-order valence-corrected chi connectivity index (χ4v) is 0.598. The minimum Gasteiger partial charge on any atom is -0.265 e. The molecule has 0 saturated heterocycles. The van der Waals surface area contributed by atoms with E-state index in [1.807, 2.05) is 12.4 Å². The molecule has 0 aliphatic heterocycles. The van der Waals surface area contributed by atoms with Crippen LogP contribution in [0.25, 0.3) is 0 Å². The summed E-state index contributed by atoms with van der Waals surface area (Å²) in [6.07, 6.45) is 6.96. The molecule has 0 saturated carbocycles. The smallest absolute Gasteiger partial charge is 0.0267 e. The number of hydrogen-bond donors (Lipinski definition) is 0. The zero-order valence-corrected chi connectivity index (χ0v) is 9.46. The molecule has 0 atom stereocenters. The quantitative estimate of drug-likeness (QED) is 0.579. The molecule has 1 heteroatoms. The molecule has 0 radical (unpaired) electrons. The highest BCUT2D eigenvalue weighted by Crippen LogP contribution is 2.07. The van der Waals surface area contributed by atoms with Gasteiger partial charge in [-0.2, -0.15) is 0 Å². The van der Waals surface area contributed by atoms with E-state index in [1.165, 1.54) is 11.1 Å². The first-order valence-corrected chi connectivity index (χ1v) is 4.93. The van der Waals surface area contributed by atoms with Gasteiger partial charge in [-0.1, -0.05) is 31.9 Å². The standard InChI is InChI=1S/C12H21N/c1-6-11(4)7-8-13-9-12(5)10(2)3/h7-10H,6H2,1-5H3/b11-7+,12-9+,13-8+. The third-order valence-electron chi connectivity index (χ3n) is 2.19. The van der Waals surface area contributed by atoms with Crippen molar-refractivity contribution in [3.8, 4) is 0 Å². The lowest BCUT2D eigenvalue weighted by molar-refractivity contribution is 0.766. The summed E-state index contributed by atoms with van der Waals surface area (Å²) in [4.78, 5) is 4.22. The van der Waals surface area contributed by atoms with Crippen LogP contribution in [-0.2, 0) is 0 Å². The number of nitrogens with zero attached hydrogens (tertiary/aromatic N) is 1. The normalized spacial score (nSPS) is 14.6. The molecule has 0 aromatic carbocycles. The summed E-state index contributed by atoms with van der Waals surface area (Å²) in [5.41, 5.74) is 2.68. The predicted octanol–water partition coefficient (Wildman–Crippen LogP) is 3.97. The lowest BCUT2D eigenvalue weighted by Gasteiger charge is -2.00. The zero-order chi connectivity index (χ0) is 10.3. The maximum atomic E-state index is 4.22. The van der Waals surface area contributed by atoms with E-state index in [1.54, 1.807) is 0 Å². The van der Waals surface area contributed by atoms with Gasteiger partial charge in [-0.05, 0) is 32.3 Å². The van der Waals surface area contributed by atoms with Gasteiger partial charge in [0.15, 0.2) is 0 Å². The Morgan fingerprint density at radius 1 is 1.31 bits per heavy atom. The Morgan fingerprint density at radius 3 is 2.38 bits per heavy atom. The van der Waals surface area contributed by atoms with Gasteiger partial charge in [0, 0.05) is 12.4 Å². The molecule has 13 heavy (non-hydrogen) atoms. The van der Waals surface area contributed by atoms with Crippen molar-refractivity contribution in [1.82, 2.24) is 0 Å². The van der Waals surface area contributed by atoms with Crippen molar-refractivity contribution in [2.24, 2.45) is 10.9 Å². The molecule has 0 fully saturated rings. The minimum absolute atomic E-state index is 0.591. The third-order valence-corrected chi connectivity index (χ3v) is 2.19. The first-order chi connectivity index (χ1) is 6.07. The van der Waals surface area contributed by atoms with E-state index in [0.717, 1.165) is 6.42 Å². The monoisotopic (exact) mass is 179 g/mol. The molecule has 0 aliphatic carbocycles. The van der Waals surface area contributed by atoms with Crippen LogP contribution in [0, 0.1) is 5.92 Å². The maximum absolute atomic E-state index is 4.22. The second-order valence-electron chi connectivity index (χ2n) is 3.69. The van der Waals surface area contributed by atoms with Gasteiger partial charge in [0.05, 0.1) is 0 Å². The summed E-state index contributed by atoms with van der Waals surface area (Å²) in [7, 11) is 0. The van der Waals surface area contributed by atoms with Gasteiger partial charge in [-0.25, -0.2) is 0 Å². The van der Waals surface area contributed by atoms with Crippen LogP contribution in [0.1, 0.15) is 41.0 Å². The van der Waals surface area contributed by atoms with Crippen LogP contribution in [0.15, 0.2) is 28.4 Å². The Hall–Kier alpha value is -0.850. The van der Waals surface area contributed by atoms with Crippen LogP contribution in [0.4, 0.5) is 0 Å². The first-order valence-electron chi connectivity index (χ1n) is 4.93. The number of aliphatic imine (C=N–C) groups is 1. The summed E-state index contributed by atoms with van der Waals surface area (Å²) in [6.45, 7) is 10.7. The predicted molar refractivity (Wildman–Crippen MR) is 61.1 cm³/mol. The summed E-state index contributed by atoms with van der Waals surface area (Å²) < 4.78 is 0. The Kier molecular flexibility index (Phi) is 6.21. The fourth-order valence-electron chi connectivity index (χ4n) is 0.598. The van der Waals surface area contributed by atoms with Crippen LogP contribution >= 0.6 is 0 Å². The van der Waals surface area contributed by atoms with Gasteiger partial charge in [0.25, 0.3) is 0 Å². The number of hydrogen-bond acceptors (Lipinski definition) is 1. The van der Waals surface area contributed by atoms with Gasteiger partial charge in [0.2, 0.25) is 0 Å². The van der Waals surface area contributed by atoms with E-state index in [9.17, 15) is 0 Å². The topological polar surface area (TPSA) is 12.4 Å². The molecule has 0 bridgehead atoms. The average molecular weight is 179 g/mol. The molecule has 0 unspecified atom stereocenters. The molecule has 0 aromatic heterocycles. The zero-order valence-electron chi connectivity index (χ0n) is 9.46. The molecular formula is C12H21N. The van der Waals surface area contributed by atoms with Crippen molar-refractivity contribution in [3.63, 3.8) is 0 Å². The average Bonchev–Trinajstić information content (AvgIpc) is 2.11. The summed E-state index contributed by atoms with van der Waals surface area (Å²) in [5, 5.41) is 0. The second kappa shape index (κ2) is 6.64. The largest absolute Gasteiger partial charge is 0.265 e. The van der Waals surface area contributed by atoms with E-state index in [4.69, 9.17) is 0 Å². The van der Waals surface area contributed by atoms with Crippen molar-refractivity contribution >= 4 is 6.21 Å². The van der Waals surface area contributed by atoms with Gasteiger partial charge in [-0.15, -0.1) is 0 Å². The summed E-state index contributed by atoms with van der Waals surface area (Å²) in [6, 6.07) is 0. The van der Waals surface area contributed by atoms with Crippen molar-refractivity contribution in [2.45, 2.75) is 41.0 Å². The minimum atomic E-state index is 0.591. The molecule has 0 aromatic rings. The molecule has 74 valence electrons. The number of allylic oxidation sites excluding steroid dienone is 3. The lowest BCUT2D eigenvalue weighted by Crippen LogP contribution is -1.86. The lowest BCUT2D eigenvalue weighted by atomic mass is 10.1. The van der Waals surface area contributed by atoms with Gasteiger partial charge >= 0.3 is 0 Å².